The zero-order valence-corrected chi connectivity index (χ0v) is 8.42. The number of rotatable bonds is 2. The molecule has 1 atom stereocenters. The van der Waals surface area contributed by atoms with Crippen LogP contribution in [-0.2, 0) is 0 Å². The van der Waals surface area contributed by atoms with Crippen molar-refractivity contribution in [1.29, 1.82) is 0 Å². The van der Waals surface area contributed by atoms with Crippen molar-refractivity contribution in [2.24, 2.45) is 0 Å². The largest absolute Gasteiger partial charge is 0.310 e. The molecular formula is C12H19N. The Bertz CT molecular complexity index is 219. The summed E-state index contributed by atoms with van der Waals surface area (Å²) in [5.74, 6) is 0. The number of nitrogens with one attached hydrogen (secondary N) is 1. The Morgan fingerprint density at radius 1 is 1.23 bits per heavy atom. The lowest BCUT2D eigenvalue weighted by Gasteiger charge is -2.25. The fourth-order valence-electron chi connectivity index (χ4n) is 2.33. The average Bonchev–Trinajstić information content (AvgIpc) is 2.57. The van der Waals surface area contributed by atoms with Crippen LogP contribution in [0.2, 0.25) is 0 Å². The van der Waals surface area contributed by atoms with E-state index in [2.05, 4.69) is 30.5 Å². The van der Waals surface area contributed by atoms with Crippen LogP contribution in [0.1, 0.15) is 39.0 Å². The summed E-state index contributed by atoms with van der Waals surface area (Å²) in [5.41, 5.74) is 1.56. The number of hydrogen-bond acceptors (Lipinski definition) is 1. The van der Waals surface area contributed by atoms with Crippen LogP contribution >= 0.6 is 0 Å². The first-order valence-corrected chi connectivity index (χ1v) is 5.41. The topological polar surface area (TPSA) is 12.0 Å². The van der Waals surface area contributed by atoms with Crippen molar-refractivity contribution in [2.75, 3.05) is 0 Å². The predicted molar refractivity (Wildman–Crippen MR) is 56.7 cm³/mol. The van der Waals surface area contributed by atoms with Gasteiger partial charge in [0, 0.05) is 12.1 Å². The summed E-state index contributed by atoms with van der Waals surface area (Å²) in [5, 5.41) is 3.74. The molecule has 0 amide bonds. The fraction of sp³-hybridized carbons (Fsp3) is 0.667. The Morgan fingerprint density at radius 3 is 2.69 bits per heavy atom. The molecule has 1 nitrogen and oxygen atoms in total. The van der Waals surface area contributed by atoms with Crippen LogP contribution in [0.4, 0.5) is 0 Å². The van der Waals surface area contributed by atoms with Gasteiger partial charge in [-0.05, 0) is 39.0 Å². The molecule has 1 heteroatoms. The lowest BCUT2D eigenvalue weighted by molar-refractivity contribution is 0.405. The van der Waals surface area contributed by atoms with Crippen LogP contribution in [0.5, 0.6) is 0 Å². The van der Waals surface area contributed by atoms with Crippen LogP contribution in [0.3, 0.4) is 0 Å². The molecule has 0 aromatic rings. The minimum atomic E-state index is 0.732. The van der Waals surface area contributed by atoms with Crippen molar-refractivity contribution in [1.82, 2.24) is 5.32 Å². The van der Waals surface area contributed by atoms with Gasteiger partial charge in [-0.1, -0.05) is 23.8 Å². The van der Waals surface area contributed by atoms with E-state index in [1.54, 1.807) is 5.57 Å². The first kappa shape index (κ1) is 9.01. The Balaban J connectivity index is 1.79. The Morgan fingerprint density at radius 2 is 2.00 bits per heavy atom. The van der Waals surface area contributed by atoms with Gasteiger partial charge in [0.15, 0.2) is 0 Å². The highest BCUT2D eigenvalue weighted by atomic mass is 14.9. The molecule has 0 spiro atoms. The molecule has 0 radical (unpaired) electrons. The molecule has 0 unspecified atom stereocenters. The lowest BCUT2D eigenvalue weighted by atomic mass is 9.95. The first-order chi connectivity index (χ1) is 6.34. The summed E-state index contributed by atoms with van der Waals surface area (Å²) >= 11 is 0. The second-order valence-electron chi connectivity index (χ2n) is 4.34. The van der Waals surface area contributed by atoms with Gasteiger partial charge in [-0.25, -0.2) is 0 Å². The Kier molecular flexibility index (Phi) is 2.84. The molecule has 0 aliphatic heterocycles. The molecule has 2 rings (SSSR count). The molecule has 0 fully saturated rings. The minimum absolute atomic E-state index is 0.732. The van der Waals surface area contributed by atoms with Crippen LogP contribution in [0.25, 0.3) is 0 Å². The van der Waals surface area contributed by atoms with E-state index in [-0.39, 0.29) is 0 Å². The monoisotopic (exact) mass is 177 g/mol. The third-order valence-corrected chi connectivity index (χ3v) is 3.06. The van der Waals surface area contributed by atoms with E-state index >= 15 is 0 Å². The van der Waals surface area contributed by atoms with Crippen molar-refractivity contribution in [3.63, 3.8) is 0 Å². The van der Waals surface area contributed by atoms with Crippen LogP contribution in [0.15, 0.2) is 23.8 Å². The van der Waals surface area contributed by atoms with Crippen LogP contribution in [-0.4, -0.2) is 12.1 Å². The summed E-state index contributed by atoms with van der Waals surface area (Å²) in [6.07, 6.45) is 13.3. The zero-order valence-electron chi connectivity index (χ0n) is 8.42. The quantitative estimate of drug-likeness (QED) is 0.639. The third kappa shape index (κ3) is 2.44. The van der Waals surface area contributed by atoms with E-state index in [4.69, 9.17) is 0 Å². The van der Waals surface area contributed by atoms with Gasteiger partial charge in [0.2, 0.25) is 0 Å². The normalized spacial score (nSPS) is 29.3. The van der Waals surface area contributed by atoms with E-state index in [1.165, 1.54) is 32.1 Å². The second-order valence-corrected chi connectivity index (χ2v) is 4.34. The lowest BCUT2D eigenvalue weighted by Crippen LogP contribution is -2.37. The molecule has 0 aromatic carbocycles. The molecule has 1 N–H and O–H groups in total. The Hall–Kier alpha value is -0.560. The molecule has 2 aliphatic rings. The van der Waals surface area contributed by atoms with Gasteiger partial charge in [0.1, 0.15) is 0 Å². The van der Waals surface area contributed by atoms with Crippen LogP contribution in [0, 0.1) is 0 Å². The maximum Gasteiger partial charge on any atom is 0.0139 e. The van der Waals surface area contributed by atoms with Gasteiger partial charge in [-0.15, -0.1) is 0 Å². The highest BCUT2D eigenvalue weighted by Crippen LogP contribution is 2.20. The van der Waals surface area contributed by atoms with Gasteiger partial charge >= 0.3 is 0 Å². The zero-order chi connectivity index (χ0) is 9.10. The molecule has 13 heavy (non-hydrogen) atoms. The van der Waals surface area contributed by atoms with Crippen molar-refractivity contribution in [3.8, 4) is 0 Å². The molecule has 0 aromatic heterocycles. The fourth-order valence-corrected chi connectivity index (χ4v) is 2.33. The predicted octanol–water partition coefficient (Wildman–Crippen LogP) is 2.79. The molecule has 0 saturated heterocycles. The third-order valence-electron chi connectivity index (χ3n) is 3.06. The SMILES string of the molecule is CC1=CCC[C@H](NC2CC=CC2)C1. The molecule has 0 bridgehead atoms. The summed E-state index contributed by atoms with van der Waals surface area (Å²) in [7, 11) is 0. The second kappa shape index (κ2) is 4.10. The standard InChI is InChI=1S/C12H19N/c1-10-5-4-8-12(9-10)13-11-6-2-3-7-11/h2-3,5,11-13H,4,6-9H2,1H3/t12-/m0/s1. The number of hydrogen-bond donors (Lipinski definition) is 1. The highest BCUT2D eigenvalue weighted by molar-refractivity contribution is 5.07. The molecular weight excluding hydrogens is 158 g/mol. The van der Waals surface area contributed by atoms with Crippen molar-refractivity contribution in [2.45, 2.75) is 51.1 Å². The van der Waals surface area contributed by atoms with Gasteiger partial charge in [0.05, 0.1) is 0 Å². The van der Waals surface area contributed by atoms with E-state index in [9.17, 15) is 0 Å². The molecule has 0 heterocycles. The summed E-state index contributed by atoms with van der Waals surface area (Å²) in [4.78, 5) is 0. The van der Waals surface area contributed by atoms with Crippen LogP contribution < -0.4 is 5.32 Å². The van der Waals surface area contributed by atoms with Crippen molar-refractivity contribution < 1.29 is 0 Å². The van der Waals surface area contributed by atoms with Gasteiger partial charge in [0.25, 0.3) is 0 Å². The van der Waals surface area contributed by atoms with Crippen molar-refractivity contribution in [3.05, 3.63) is 23.8 Å². The van der Waals surface area contributed by atoms with Gasteiger partial charge < -0.3 is 5.32 Å². The first-order valence-electron chi connectivity index (χ1n) is 5.41. The van der Waals surface area contributed by atoms with E-state index in [1.807, 2.05) is 0 Å². The smallest absolute Gasteiger partial charge is 0.0139 e. The maximum absolute atomic E-state index is 3.74. The number of allylic oxidation sites excluding steroid dienone is 1. The molecule has 2 aliphatic carbocycles. The highest BCUT2D eigenvalue weighted by Gasteiger charge is 2.17. The summed E-state index contributed by atoms with van der Waals surface area (Å²) in [6, 6.07) is 1.48. The molecule has 0 saturated carbocycles. The minimum Gasteiger partial charge on any atom is -0.310 e. The maximum atomic E-state index is 3.74. The summed E-state index contributed by atoms with van der Waals surface area (Å²) in [6.45, 7) is 2.25. The molecule has 72 valence electrons. The van der Waals surface area contributed by atoms with E-state index < -0.39 is 0 Å². The van der Waals surface area contributed by atoms with E-state index in [0.717, 1.165) is 12.1 Å². The van der Waals surface area contributed by atoms with E-state index in [0.29, 0.717) is 0 Å². The average molecular weight is 177 g/mol. The Labute approximate surface area is 80.9 Å². The van der Waals surface area contributed by atoms with Gasteiger partial charge in [-0.2, -0.15) is 0 Å². The van der Waals surface area contributed by atoms with Gasteiger partial charge in [-0.3, -0.25) is 0 Å². The summed E-state index contributed by atoms with van der Waals surface area (Å²) < 4.78 is 0. The van der Waals surface area contributed by atoms with Crippen molar-refractivity contribution >= 4 is 0 Å².